The number of hydrogen-bond donors (Lipinski definition) is 1. The molecule has 1 heterocycles. The zero-order chi connectivity index (χ0) is 8.60. The molecule has 2 nitrogen and oxygen atoms in total. The fourth-order valence-electron chi connectivity index (χ4n) is 2.80. The molecule has 0 atom stereocenters. The van der Waals surface area contributed by atoms with Crippen LogP contribution in [0.5, 0.6) is 0 Å². The quantitative estimate of drug-likeness (QED) is 0.637. The highest BCUT2D eigenvalue weighted by Crippen LogP contribution is 2.48. The van der Waals surface area contributed by atoms with Crippen LogP contribution in [-0.2, 0) is 0 Å². The Bertz CT molecular complexity index is 151. The largest absolute Gasteiger partial charge is 0.328 e. The Morgan fingerprint density at radius 1 is 1.33 bits per heavy atom. The second-order valence-electron chi connectivity index (χ2n) is 4.60. The first-order chi connectivity index (χ1) is 5.74. The molecule has 2 fully saturated rings. The Hall–Kier alpha value is -0.0800. The number of piperidine rings is 1. The van der Waals surface area contributed by atoms with Gasteiger partial charge < -0.3 is 10.6 Å². The second-order valence-corrected chi connectivity index (χ2v) is 4.60. The van der Waals surface area contributed by atoms with E-state index in [0.29, 0.717) is 11.5 Å². The van der Waals surface area contributed by atoms with E-state index in [1.165, 1.54) is 45.3 Å². The van der Waals surface area contributed by atoms with Gasteiger partial charge in [-0.3, -0.25) is 0 Å². The Kier molecular flexibility index (Phi) is 2.13. The van der Waals surface area contributed by atoms with E-state index in [4.69, 9.17) is 5.73 Å². The maximum absolute atomic E-state index is 5.84. The Morgan fingerprint density at radius 2 is 1.92 bits per heavy atom. The molecule has 70 valence electrons. The summed E-state index contributed by atoms with van der Waals surface area (Å²) >= 11 is 0. The standard InChI is InChI=1S/C10H20N2/c1-2-12-5-3-10(4-6-12)7-9(11)8-10/h9H,2-8,11H2,1H3. The summed E-state index contributed by atoms with van der Waals surface area (Å²) in [5, 5.41) is 0. The average Bonchev–Trinajstić information content (AvgIpc) is 2.04. The van der Waals surface area contributed by atoms with Crippen LogP contribution in [0.4, 0.5) is 0 Å². The van der Waals surface area contributed by atoms with Crippen LogP contribution in [0, 0.1) is 5.41 Å². The van der Waals surface area contributed by atoms with Gasteiger partial charge in [0.15, 0.2) is 0 Å². The maximum Gasteiger partial charge on any atom is 0.00494 e. The summed E-state index contributed by atoms with van der Waals surface area (Å²) in [6.45, 7) is 6.10. The predicted molar refractivity (Wildman–Crippen MR) is 51.0 cm³/mol. The summed E-state index contributed by atoms with van der Waals surface area (Å²) in [5.41, 5.74) is 6.52. The van der Waals surface area contributed by atoms with Gasteiger partial charge in [-0.1, -0.05) is 6.92 Å². The smallest absolute Gasteiger partial charge is 0.00494 e. The summed E-state index contributed by atoms with van der Waals surface area (Å²) in [4.78, 5) is 2.55. The Labute approximate surface area is 75.1 Å². The molecule has 2 aliphatic rings. The van der Waals surface area contributed by atoms with Crippen LogP contribution >= 0.6 is 0 Å². The molecule has 2 N–H and O–H groups in total. The molecule has 2 heteroatoms. The molecule has 0 aromatic heterocycles. The van der Waals surface area contributed by atoms with Crippen LogP contribution < -0.4 is 5.73 Å². The minimum absolute atomic E-state index is 0.526. The first-order valence-corrected chi connectivity index (χ1v) is 5.22. The molecule has 2 rings (SSSR count). The molecule has 1 saturated carbocycles. The fourth-order valence-corrected chi connectivity index (χ4v) is 2.80. The average molecular weight is 168 g/mol. The van der Waals surface area contributed by atoms with Crippen LogP contribution in [0.2, 0.25) is 0 Å². The van der Waals surface area contributed by atoms with E-state index >= 15 is 0 Å². The highest BCUT2D eigenvalue weighted by molar-refractivity contribution is 4.98. The second kappa shape index (κ2) is 3.00. The van der Waals surface area contributed by atoms with Crippen molar-refractivity contribution in [2.24, 2.45) is 11.1 Å². The lowest BCUT2D eigenvalue weighted by atomic mass is 9.61. The van der Waals surface area contributed by atoms with Gasteiger partial charge in [0.2, 0.25) is 0 Å². The molecule has 1 saturated heterocycles. The highest BCUT2D eigenvalue weighted by Gasteiger charge is 2.43. The summed E-state index contributed by atoms with van der Waals surface area (Å²) in [6, 6.07) is 0.526. The number of nitrogens with zero attached hydrogens (tertiary/aromatic N) is 1. The third-order valence-corrected chi connectivity index (χ3v) is 3.75. The molecular weight excluding hydrogens is 148 g/mol. The van der Waals surface area contributed by atoms with Crippen molar-refractivity contribution in [2.45, 2.75) is 38.6 Å². The van der Waals surface area contributed by atoms with Gasteiger partial charge in [-0.05, 0) is 50.7 Å². The minimum Gasteiger partial charge on any atom is -0.328 e. The molecule has 0 bridgehead atoms. The van der Waals surface area contributed by atoms with E-state index in [9.17, 15) is 0 Å². The number of likely N-dealkylation sites (tertiary alicyclic amines) is 1. The first kappa shape index (κ1) is 8.52. The highest BCUT2D eigenvalue weighted by atomic mass is 15.1. The minimum atomic E-state index is 0.526. The first-order valence-electron chi connectivity index (χ1n) is 5.22. The molecule has 0 unspecified atom stereocenters. The molecule has 0 radical (unpaired) electrons. The van der Waals surface area contributed by atoms with Gasteiger partial charge in [-0.25, -0.2) is 0 Å². The molecule has 1 spiro atoms. The number of hydrogen-bond acceptors (Lipinski definition) is 2. The van der Waals surface area contributed by atoms with Crippen molar-refractivity contribution in [3.8, 4) is 0 Å². The van der Waals surface area contributed by atoms with Gasteiger partial charge in [0.25, 0.3) is 0 Å². The van der Waals surface area contributed by atoms with Crippen LogP contribution in [0.25, 0.3) is 0 Å². The fraction of sp³-hybridized carbons (Fsp3) is 1.00. The maximum atomic E-state index is 5.84. The predicted octanol–water partition coefficient (Wildman–Crippen LogP) is 1.21. The van der Waals surface area contributed by atoms with Gasteiger partial charge in [0.05, 0.1) is 0 Å². The van der Waals surface area contributed by atoms with E-state index in [2.05, 4.69) is 11.8 Å². The lowest BCUT2D eigenvalue weighted by Crippen LogP contribution is -2.51. The molecule has 1 aliphatic heterocycles. The molecule has 0 aromatic rings. The Balaban J connectivity index is 1.83. The molecule has 12 heavy (non-hydrogen) atoms. The van der Waals surface area contributed by atoms with Crippen LogP contribution in [-0.4, -0.2) is 30.6 Å². The third kappa shape index (κ3) is 1.38. The van der Waals surface area contributed by atoms with Crippen LogP contribution in [0.1, 0.15) is 32.6 Å². The summed E-state index contributed by atoms with van der Waals surface area (Å²) in [7, 11) is 0. The molecule has 1 aliphatic carbocycles. The van der Waals surface area contributed by atoms with Crippen LogP contribution in [0.3, 0.4) is 0 Å². The van der Waals surface area contributed by atoms with Crippen molar-refractivity contribution < 1.29 is 0 Å². The van der Waals surface area contributed by atoms with Gasteiger partial charge in [0.1, 0.15) is 0 Å². The molecule has 0 aromatic carbocycles. The van der Waals surface area contributed by atoms with Gasteiger partial charge in [0, 0.05) is 6.04 Å². The summed E-state index contributed by atoms with van der Waals surface area (Å²) in [5.74, 6) is 0. The van der Waals surface area contributed by atoms with Crippen molar-refractivity contribution in [3.63, 3.8) is 0 Å². The normalized spacial score (nSPS) is 30.5. The van der Waals surface area contributed by atoms with Crippen molar-refractivity contribution >= 4 is 0 Å². The van der Waals surface area contributed by atoms with Gasteiger partial charge >= 0.3 is 0 Å². The van der Waals surface area contributed by atoms with E-state index in [1.807, 2.05) is 0 Å². The number of rotatable bonds is 1. The van der Waals surface area contributed by atoms with E-state index in [1.54, 1.807) is 0 Å². The van der Waals surface area contributed by atoms with Crippen molar-refractivity contribution in [1.29, 1.82) is 0 Å². The zero-order valence-corrected chi connectivity index (χ0v) is 8.05. The van der Waals surface area contributed by atoms with Gasteiger partial charge in [-0.2, -0.15) is 0 Å². The molecule has 0 amide bonds. The summed E-state index contributed by atoms with van der Waals surface area (Å²) < 4.78 is 0. The number of nitrogens with two attached hydrogens (primary N) is 1. The van der Waals surface area contributed by atoms with E-state index in [0.717, 1.165) is 0 Å². The van der Waals surface area contributed by atoms with Crippen LogP contribution in [0.15, 0.2) is 0 Å². The van der Waals surface area contributed by atoms with Gasteiger partial charge in [-0.15, -0.1) is 0 Å². The van der Waals surface area contributed by atoms with E-state index in [-0.39, 0.29) is 0 Å². The van der Waals surface area contributed by atoms with Crippen molar-refractivity contribution in [2.75, 3.05) is 19.6 Å². The summed E-state index contributed by atoms with van der Waals surface area (Å²) in [6.07, 6.45) is 5.39. The monoisotopic (exact) mass is 168 g/mol. The lowest BCUT2D eigenvalue weighted by Gasteiger charge is -2.51. The lowest BCUT2D eigenvalue weighted by molar-refractivity contribution is 0.0198. The Morgan fingerprint density at radius 3 is 2.33 bits per heavy atom. The molecular formula is C10H20N2. The SMILES string of the molecule is CCN1CCC2(CC1)CC(N)C2. The van der Waals surface area contributed by atoms with E-state index < -0.39 is 0 Å². The van der Waals surface area contributed by atoms with Crippen molar-refractivity contribution in [3.05, 3.63) is 0 Å². The topological polar surface area (TPSA) is 29.3 Å². The van der Waals surface area contributed by atoms with Crippen molar-refractivity contribution in [1.82, 2.24) is 4.90 Å². The zero-order valence-electron chi connectivity index (χ0n) is 8.05. The third-order valence-electron chi connectivity index (χ3n) is 3.75.